The molecule has 0 aliphatic carbocycles. The smallest absolute Gasteiger partial charge is 0.146 e. The first-order valence-electron chi connectivity index (χ1n) is 4.10. The number of thiophene rings is 1. The fourth-order valence-corrected chi connectivity index (χ4v) is 3.65. The summed E-state index contributed by atoms with van der Waals surface area (Å²) in [7, 11) is 0. The van der Waals surface area contributed by atoms with Crippen LogP contribution in [0.5, 0.6) is 5.75 Å². The average Bonchev–Trinajstić information content (AvgIpc) is 2.62. The van der Waals surface area contributed by atoms with Crippen LogP contribution in [0.4, 0.5) is 0 Å². The van der Waals surface area contributed by atoms with Gasteiger partial charge in [0.15, 0.2) is 0 Å². The molecule has 0 radical (unpaired) electrons. The Morgan fingerprint density at radius 3 is 2.93 bits per heavy atom. The highest BCUT2D eigenvalue weighted by molar-refractivity contribution is 9.08. The second-order valence-electron chi connectivity index (χ2n) is 2.89. The molecule has 0 atom stereocenters. The van der Waals surface area contributed by atoms with Crippen molar-refractivity contribution in [2.45, 2.75) is 10.2 Å². The zero-order chi connectivity index (χ0) is 10.1. The summed E-state index contributed by atoms with van der Waals surface area (Å²) in [6.07, 6.45) is 1.97. The molecule has 0 saturated carbocycles. The van der Waals surface area contributed by atoms with E-state index in [2.05, 4.69) is 27.4 Å². The van der Waals surface area contributed by atoms with Gasteiger partial charge in [0.05, 0.1) is 9.60 Å². The summed E-state index contributed by atoms with van der Waals surface area (Å²) in [5.74, 6) is 0.423. The summed E-state index contributed by atoms with van der Waals surface area (Å²) in [6.45, 7) is 0. The number of fused-ring (bicyclic) bond motifs is 1. The second-order valence-corrected chi connectivity index (χ2v) is 5.18. The number of thioether (sulfide) groups is 1. The average molecular weight is 289 g/mol. The molecule has 0 fully saturated rings. The maximum absolute atomic E-state index is 9.93. The lowest BCUT2D eigenvalue weighted by Crippen LogP contribution is -1.76. The quantitative estimate of drug-likeness (QED) is 0.659. The van der Waals surface area contributed by atoms with E-state index in [4.69, 9.17) is 0 Å². The van der Waals surface area contributed by atoms with Crippen LogP contribution < -0.4 is 0 Å². The number of alkyl halides is 1. The highest BCUT2D eigenvalue weighted by Gasteiger charge is 2.09. The van der Waals surface area contributed by atoms with Crippen LogP contribution in [0.15, 0.2) is 22.4 Å². The third-order valence-electron chi connectivity index (χ3n) is 2.12. The maximum atomic E-state index is 9.93. The fourth-order valence-electron chi connectivity index (χ4n) is 1.39. The molecule has 0 spiro atoms. The first-order chi connectivity index (χ1) is 6.77. The minimum absolute atomic E-state index is 0.423. The van der Waals surface area contributed by atoms with Crippen LogP contribution >= 0.6 is 39.0 Å². The largest absolute Gasteiger partial charge is 0.505 e. The van der Waals surface area contributed by atoms with Crippen molar-refractivity contribution in [2.75, 3.05) is 6.26 Å². The monoisotopic (exact) mass is 288 g/mol. The Labute approximate surface area is 99.3 Å². The van der Waals surface area contributed by atoms with E-state index in [-0.39, 0.29) is 0 Å². The minimum Gasteiger partial charge on any atom is -0.505 e. The van der Waals surface area contributed by atoms with Gasteiger partial charge in [-0.05, 0) is 23.3 Å². The molecule has 1 N–H and O–H groups in total. The molecule has 1 aromatic carbocycles. The predicted molar refractivity (Wildman–Crippen MR) is 67.9 cm³/mol. The molecule has 0 aliphatic heterocycles. The van der Waals surface area contributed by atoms with Crippen LogP contribution in [-0.4, -0.2) is 11.4 Å². The normalized spacial score (nSPS) is 11.0. The van der Waals surface area contributed by atoms with Crippen molar-refractivity contribution in [3.63, 3.8) is 0 Å². The molecule has 0 bridgehead atoms. The minimum atomic E-state index is 0.423. The number of benzene rings is 1. The van der Waals surface area contributed by atoms with Crippen molar-refractivity contribution in [3.05, 3.63) is 23.1 Å². The fraction of sp³-hybridized carbons (Fsp3) is 0.200. The third kappa shape index (κ3) is 1.55. The summed E-state index contributed by atoms with van der Waals surface area (Å²) in [5, 5.41) is 14.0. The number of rotatable bonds is 2. The highest BCUT2D eigenvalue weighted by atomic mass is 79.9. The van der Waals surface area contributed by atoms with Gasteiger partial charge in [-0.3, -0.25) is 0 Å². The molecule has 4 heteroatoms. The molecular formula is C10H9BrOS2. The Morgan fingerprint density at radius 1 is 1.50 bits per heavy atom. The van der Waals surface area contributed by atoms with Gasteiger partial charge < -0.3 is 5.11 Å². The van der Waals surface area contributed by atoms with Crippen molar-refractivity contribution < 1.29 is 5.11 Å². The molecule has 74 valence electrons. The van der Waals surface area contributed by atoms with Crippen molar-refractivity contribution in [2.24, 2.45) is 0 Å². The van der Waals surface area contributed by atoms with Crippen LogP contribution in [-0.2, 0) is 5.33 Å². The van der Waals surface area contributed by atoms with Crippen LogP contribution in [0, 0.1) is 0 Å². The number of aromatic hydroxyl groups is 1. The summed E-state index contributed by atoms with van der Waals surface area (Å²) >= 11 is 6.61. The van der Waals surface area contributed by atoms with E-state index in [0.29, 0.717) is 5.75 Å². The number of halogens is 1. The Hall–Kier alpha value is -0.190. The SMILES string of the molecule is CSc1ccc2c(CBr)csc2c1O. The summed E-state index contributed by atoms with van der Waals surface area (Å²) in [5.41, 5.74) is 1.24. The zero-order valence-electron chi connectivity index (χ0n) is 7.58. The molecule has 14 heavy (non-hydrogen) atoms. The van der Waals surface area contributed by atoms with Gasteiger partial charge in [0, 0.05) is 10.7 Å². The zero-order valence-corrected chi connectivity index (χ0v) is 10.8. The summed E-state index contributed by atoms with van der Waals surface area (Å²) in [4.78, 5) is 0.945. The molecule has 0 unspecified atom stereocenters. The van der Waals surface area contributed by atoms with Crippen LogP contribution in [0.3, 0.4) is 0 Å². The van der Waals surface area contributed by atoms with E-state index >= 15 is 0 Å². The Balaban J connectivity index is 2.72. The maximum Gasteiger partial charge on any atom is 0.146 e. The molecule has 0 amide bonds. The second kappa shape index (κ2) is 4.13. The molecule has 2 aromatic rings. The van der Waals surface area contributed by atoms with E-state index in [1.807, 2.05) is 12.3 Å². The molecule has 1 nitrogen and oxygen atoms in total. The first-order valence-corrected chi connectivity index (χ1v) is 7.32. The first kappa shape index (κ1) is 10.3. The Bertz CT molecular complexity index is 464. The van der Waals surface area contributed by atoms with E-state index in [1.54, 1.807) is 23.1 Å². The molecule has 0 aliphatic rings. The number of phenolic OH excluding ortho intramolecular Hbond substituents is 1. The standard InChI is InChI=1S/C10H9BrOS2/c1-13-8-3-2-7-6(4-11)5-14-10(7)9(8)12/h2-3,5,12H,4H2,1H3. The lowest BCUT2D eigenvalue weighted by atomic mass is 10.2. The molecule has 0 saturated heterocycles. The van der Waals surface area contributed by atoms with E-state index in [9.17, 15) is 5.11 Å². The van der Waals surface area contributed by atoms with Crippen LogP contribution in [0.25, 0.3) is 10.1 Å². The number of hydrogen-bond donors (Lipinski definition) is 1. The number of phenols is 1. The highest BCUT2D eigenvalue weighted by Crippen LogP contribution is 2.39. The van der Waals surface area contributed by atoms with Crippen molar-refractivity contribution in [1.29, 1.82) is 0 Å². The van der Waals surface area contributed by atoms with E-state index in [1.165, 1.54) is 5.56 Å². The van der Waals surface area contributed by atoms with E-state index < -0.39 is 0 Å². The van der Waals surface area contributed by atoms with Crippen molar-refractivity contribution in [1.82, 2.24) is 0 Å². The predicted octanol–water partition coefficient (Wildman–Crippen LogP) is 4.22. The van der Waals surface area contributed by atoms with Gasteiger partial charge in [-0.2, -0.15) is 0 Å². The molecule has 1 aromatic heterocycles. The lowest BCUT2D eigenvalue weighted by molar-refractivity contribution is 0.470. The molecular weight excluding hydrogens is 280 g/mol. The lowest BCUT2D eigenvalue weighted by Gasteiger charge is -2.02. The Kier molecular flexibility index (Phi) is 3.04. The third-order valence-corrected chi connectivity index (χ3v) is 4.55. The van der Waals surface area contributed by atoms with Crippen LogP contribution in [0.2, 0.25) is 0 Å². The van der Waals surface area contributed by atoms with Gasteiger partial charge in [0.2, 0.25) is 0 Å². The van der Waals surface area contributed by atoms with Gasteiger partial charge in [-0.1, -0.05) is 22.0 Å². The summed E-state index contributed by atoms with van der Waals surface area (Å²) < 4.78 is 0.992. The number of hydrogen-bond acceptors (Lipinski definition) is 3. The van der Waals surface area contributed by atoms with Gasteiger partial charge >= 0.3 is 0 Å². The van der Waals surface area contributed by atoms with Crippen molar-refractivity contribution >= 4 is 49.1 Å². The van der Waals surface area contributed by atoms with Crippen molar-refractivity contribution in [3.8, 4) is 5.75 Å². The van der Waals surface area contributed by atoms with Crippen LogP contribution in [0.1, 0.15) is 5.56 Å². The van der Waals surface area contributed by atoms with Gasteiger partial charge in [-0.15, -0.1) is 23.1 Å². The molecule has 2 rings (SSSR count). The van der Waals surface area contributed by atoms with Gasteiger partial charge in [0.1, 0.15) is 5.75 Å². The summed E-state index contributed by atoms with van der Waals surface area (Å²) in [6, 6.07) is 4.05. The topological polar surface area (TPSA) is 20.2 Å². The van der Waals surface area contributed by atoms with E-state index in [0.717, 1.165) is 20.3 Å². The van der Waals surface area contributed by atoms with Gasteiger partial charge in [-0.25, -0.2) is 0 Å². The Morgan fingerprint density at radius 2 is 2.29 bits per heavy atom. The molecule has 1 heterocycles. The van der Waals surface area contributed by atoms with Gasteiger partial charge in [0.25, 0.3) is 0 Å².